The molecule has 0 bridgehead atoms. The predicted octanol–water partition coefficient (Wildman–Crippen LogP) is -1.04. The van der Waals surface area contributed by atoms with E-state index in [0.717, 1.165) is 13.7 Å². The van der Waals surface area contributed by atoms with E-state index in [2.05, 4.69) is 6.58 Å². The Morgan fingerprint density at radius 1 is 1.29 bits per heavy atom. The van der Waals surface area contributed by atoms with Crippen molar-refractivity contribution in [3.8, 4) is 0 Å². The maximum atomic E-state index is 12.4. The average Bonchev–Trinajstić information content (AvgIpc) is 2.42. The van der Waals surface area contributed by atoms with Crippen LogP contribution in [-0.4, -0.2) is 40.1 Å². The van der Waals surface area contributed by atoms with Crippen LogP contribution in [0.25, 0.3) is 0 Å². The first kappa shape index (κ1) is 15.5. The van der Waals surface area contributed by atoms with Gasteiger partial charge in [-0.1, -0.05) is 6.08 Å². The SMILES string of the molecule is C=CCn1c(=O)n(CC(C)OC)c(=O)n(C2COC2)c1=O. The number of hydrogen-bond donors (Lipinski definition) is 0. The van der Waals surface area contributed by atoms with Crippen LogP contribution in [-0.2, 0) is 22.6 Å². The van der Waals surface area contributed by atoms with E-state index < -0.39 is 17.1 Å². The van der Waals surface area contributed by atoms with E-state index in [1.54, 1.807) is 6.92 Å². The number of allylic oxidation sites excluding steroid dienone is 1. The summed E-state index contributed by atoms with van der Waals surface area (Å²) in [5.74, 6) is 0. The van der Waals surface area contributed by atoms with Gasteiger partial charge in [-0.05, 0) is 6.92 Å². The Bertz CT molecular complexity index is 695. The molecule has 0 spiro atoms. The molecule has 0 amide bonds. The summed E-state index contributed by atoms with van der Waals surface area (Å²) >= 11 is 0. The van der Waals surface area contributed by atoms with Gasteiger partial charge < -0.3 is 9.47 Å². The summed E-state index contributed by atoms with van der Waals surface area (Å²) < 4.78 is 13.2. The van der Waals surface area contributed by atoms with Gasteiger partial charge in [0.2, 0.25) is 0 Å². The van der Waals surface area contributed by atoms with Crippen LogP contribution < -0.4 is 17.1 Å². The highest BCUT2D eigenvalue weighted by Crippen LogP contribution is 2.11. The highest BCUT2D eigenvalue weighted by molar-refractivity contribution is 4.87. The molecule has 1 saturated heterocycles. The standard InChI is InChI=1S/C13H19N3O5/c1-4-5-14-11(17)15(6-9(2)20-3)13(19)16(12(14)18)10-7-21-8-10/h4,9-10H,1,5-8H2,2-3H3. The van der Waals surface area contributed by atoms with Crippen molar-refractivity contribution in [3.05, 3.63) is 44.1 Å². The van der Waals surface area contributed by atoms with Crippen LogP contribution in [0.5, 0.6) is 0 Å². The first-order valence-electron chi connectivity index (χ1n) is 6.68. The van der Waals surface area contributed by atoms with Crippen LogP contribution in [0.3, 0.4) is 0 Å². The van der Waals surface area contributed by atoms with E-state index in [9.17, 15) is 14.4 Å². The Hall–Kier alpha value is -1.93. The van der Waals surface area contributed by atoms with Gasteiger partial charge in [0, 0.05) is 7.11 Å². The number of nitrogens with zero attached hydrogens (tertiary/aromatic N) is 3. The molecule has 1 atom stereocenters. The fourth-order valence-corrected chi connectivity index (χ4v) is 2.11. The predicted molar refractivity (Wildman–Crippen MR) is 75.7 cm³/mol. The molecule has 1 aliphatic heterocycles. The van der Waals surface area contributed by atoms with E-state index >= 15 is 0 Å². The van der Waals surface area contributed by atoms with Gasteiger partial charge in [0.15, 0.2) is 0 Å². The number of rotatable bonds is 6. The topological polar surface area (TPSA) is 84.5 Å². The molecule has 2 rings (SSSR count). The van der Waals surface area contributed by atoms with Crippen molar-refractivity contribution in [3.63, 3.8) is 0 Å². The van der Waals surface area contributed by atoms with Crippen molar-refractivity contribution < 1.29 is 9.47 Å². The minimum atomic E-state index is -0.648. The lowest BCUT2D eigenvalue weighted by Gasteiger charge is -2.28. The average molecular weight is 297 g/mol. The van der Waals surface area contributed by atoms with Gasteiger partial charge >= 0.3 is 17.1 Å². The van der Waals surface area contributed by atoms with Crippen LogP contribution in [0.4, 0.5) is 0 Å². The molecule has 116 valence electrons. The molecule has 8 nitrogen and oxygen atoms in total. The Morgan fingerprint density at radius 3 is 2.38 bits per heavy atom. The number of hydrogen-bond acceptors (Lipinski definition) is 5. The third-order valence-electron chi connectivity index (χ3n) is 3.48. The normalized spacial score (nSPS) is 16.5. The molecule has 0 saturated carbocycles. The summed E-state index contributed by atoms with van der Waals surface area (Å²) in [6, 6.07) is -0.328. The molecule has 0 aliphatic carbocycles. The molecule has 1 aliphatic rings. The fraction of sp³-hybridized carbons (Fsp3) is 0.615. The monoisotopic (exact) mass is 297 g/mol. The summed E-state index contributed by atoms with van der Waals surface area (Å²) in [6.07, 6.45) is 1.12. The summed E-state index contributed by atoms with van der Waals surface area (Å²) in [6.45, 7) is 5.99. The Labute approximate surface area is 120 Å². The molecule has 1 fully saturated rings. The van der Waals surface area contributed by atoms with Crippen molar-refractivity contribution in [2.45, 2.75) is 32.2 Å². The van der Waals surface area contributed by atoms with Gasteiger partial charge in [-0.3, -0.25) is 0 Å². The lowest BCUT2D eigenvalue weighted by molar-refractivity contribution is -0.0291. The quantitative estimate of drug-likeness (QED) is 0.627. The second kappa shape index (κ2) is 6.23. The summed E-state index contributed by atoms with van der Waals surface area (Å²) in [5, 5.41) is 0. The van der Waals surface area contributed by atoms with E-state index in [1.807, 2.05) is 0 Å². The third-order valence-corrected chi connectivity index (χ3v) is 3.48. The molecule has 21 heavy (non-hydrogen) atoms. The fourth-order valence-electron chi connectivity index (χ4n) is 2.11. The second-order valence-corrected chi connectivity index (χ2v) is 4.97. The van der Waals surface area contributed by atoms with Gasteiger partial charge in [-0.25, -0.2) is 28.1 Å². The van der Waals surface area contributed by atoms with Crippen LogP contribution in [0.2, 0.25) is 0 Å². The molecule has 0 aromatic carbocycles. The highest BCUT2D eigenvalue weighted by atomic mass is 16.5. The minimum absolute atomic E-state index is 0.0485. The molecule has 8 heteroatoms. The maximum absolute atomic E-state index is 12.4. The smallest absolute Gasteiger partial charge is 0.337 e. The Balaban J connectivity index is 2.65. The van der Waals surface area contributed by atoms with Crippen molar-refractivity contribution in [2.24, 2.45) is 0 Å². The van der Waals surface area contributed by atoms with Gasteiger partial charge in [0.1, 0.15) is 0 Å². The molecule has 1 unspecified atom stereocenters. The minimum Gasteiger partial charge on any atom is -0.380 e. The molecule has 1 aromatic rings. The lowest BCUT2D eigenvalue weighted by atomic mass is 10.2. The van der Waals surface area contributed by atoms with Crippen molar-refractivity contribution in [2.75, 3.05) is 20.3 Å². The number of aromatic nitrogens is 3. The Kier molecular flexibility index (Phi) is 4.59. The van der Waals surface area contributed by atoms with Gasteiger partial charge in [-0.2, -0.15) is 0 Å². The molecular formula is C13H19N3O5. The first-order valence-corrected chi connectivity index (χ1v) is 6.68. The third kappa shape index (κ3) is 2.77. The zero-order valence-corrected chi connectivity index (χ0v) is 12.2. The first-order chi connectivity index (χ1) is 10.0. The Morgan fingerprint density at radius 2 is 1.90 bits per heavy atom. The molecule has 2 heterocycles. The second-order valence-electron chi connectivity index (χ2n) is 4.97. The molecular weight excluding hydrogens is 278 g/mol. The number of methoxy groups -OCH3 is 1. The lowest BCUT2D eigenvalue weighted by Crippen LogP contribution is -2.58. The van der Waals surface area contributed by atoms with Crippen LogP contribution in [0.1, 0.15) is 13.0 Å². The van der Waals surface area contributed by atoms with Crippen molar-refractivity contribution in [1.82, 2.24) is 13.7 Å². The van der Waals surface area contributed by atoms with Gasteiger partial charge in [0.05, 0.1) is 38.4 Å². The molecule has 0 radical (unpaired) electrons. The van der Waals surface area contributed by atoms with Crippen LogP contribution in [0.15, 0.2) is 27.0 Å². The number of ether oxygens (including phenoxy) is 2. The maximum Gasteiger partial charge on any atom is 0.337 e. The van der Waals surface area contributed by atoms with E-state index in [-0.39, 0.29) is 25.2 Å². The zero-order valence-electron chi connectivity index (χ0n) is 12.2. The molecule has 0 N–H and O–H groups in total. The van der Waals surface area contributed by atoms with Gasteiger partial charge in [0.25, 0.3) is 0 Å². The zero-order chi connectivity index (χ0) is 15.6. The van der Waals surface area contributed by atoms with Crippen LogP contribution in [0, 0.1) is 0 Å². The highest BCUT2D eigenvalue weighted by Gasteiger charge is 2.27. The van der Waals surface area contributed by atoms with E-state index in [4.69, 9.17) is 9.47 Å². The van der Waals surface area contributed by atoms with Crippen molar-refractivity contribution in [1.29, 1.82) is 0 Å². The molecule has 1 aromatic heterocycles. The largest absolute Gasteiger partial charge is 0.380 e. The summed E-state index contributed by atoms with van der Waals surface area (Å²) in [4.78, 5) is 37.1. The summed E-state index contributed by atoms with van der Waals surface area (Å²) in [5.41, 5.74) is -1.90. The van der Waals surface area contributed by atoms with E-state index in [0.29, 0.717) is 13.2 Å². The van der Waals surface area contributed by atoms with Crippen LogP contribution >= 0.6 is 0 Å². The summed E-state index contributed by atoms with van der Waals surface area (Å²) in [7, 11) is 1.49. The van der Waals surface area contributed by atoms with Gasteiger partial charge in [-0.15, -0.1) is 6.58 Å². The van der Waals surface area contributed by atoms with Crippen molar-refractivity contribution >= 4 is 0 Å². The van der Waals surface area contributed by atoms with E-state index in [1.165, 1.54) is 13.2 Å².